The van der Waals surface area contributed by atoms with E-state index in [0.717, 1.165) is 63.1 Å². The average Bonchev–Trinajstić information content (AvgIpc) is 2.93. The minimum absolute atomic E-state index is 0.656. The number of unbranched alkanes of at least 4 members (excludes halogenated alkanes) is 11. The summed E-state index contributed by atoms with van der Waals surface area (Å²) in [6, 6.07) is 8.57. The molecule has 0 amide bonds. The number of allylic oxidation sites excluding steroid dienone is 1. The maximum absolute atomic E-state index is 10.4. The summed E-state index contributed by atoms with van der Waals surface area (Å²) in [5.41, 5.74) is 2.37. The zero-order valence-electron chi connectivity index (χ0n) is 23.4. The van der Waals surface area contributed by atoms with Crippen molar-refractivity contribution in [3.63, 3.8) is 0 Å². The number of nitrogens with zero attached hydrogens (tertiary/aromatic N) is 2. The Labute approximate surface area is 229 Å². The lowest BCUT2D eigenvalue weighted by Gasteiger charge is -2.07. The van der Waals surface area contributed by atoms with Crippen molar-refractivity contribution in [2.45, 2.75) is 103 Å². The number of aliphatic carboxylic acids is 1. The van der Waals surface area contributed by atoms with Gasteiger partial charge in [-0.05, 0) is 50.5 Å². The molecule has 6 heteroatoms. The Hall–Kier alpha value is -2.73. The summed E-state index contributed by atoms with van der Waals surface area (Å²) >= 11 is 0. The lowest BCUT2D eigenvalue weighted by atomic mass is 10.0. The van der Waals surface area contributed by atoms with Gasteiger partial charge in [-0.2, -0.15) is 0 Å². The molecule has 0 saturated heterocycles. The second-order valence-corrected chi connectivity index (χ2v) is 9.92. The largest absolute Gasteiger partial charge is 0.490 e. The van der Waals surface area contributed by atoms with Gasteiger partial charge in [0.25, 0.3) is 0 Å². The van der Waals surface area contributed by atoms with E-state index in [1.807, 2.05) is 0 Å². The molecule has 1 aromatic heterocycles. The zero-order chi connectivity index (χ0) is 27.1. The third-order valence-electron chi connectivity index (χ3n) is 6.53. The van der Waals surface area contributed by atoms with Crippen LogP contribution in [0, 0.1) is 0 Å². The van der Waals surface area contributed by atoms with Crippen LogP contribution in [-0.2, 0) is 16.0 Å². The first-order valence-electron chi connectivity index (χ1n) is 14.7. The average molecular weight is 525 g/mol. The Bertz CT molecular complexity index is 881. The predicted molar refractivity (Wildman–Crippen MR) is 155 cm³/mol. The Morgan fingerprint density at radius 1 is 0.789 bits per heavy atom. The molecule has 0 aliphatic heterocycles. The molecule has 2 rings (SSSR count). The molecule has 1 heterocycles. The van der Waals surface area contributed by atoms with Gasteiger partial charge in [0.1, 0.15) is 0 Å². The van der Waals surface area contributed by atoms with E-state index in [4.69, 9.17) is 14.6 Å². The van der Waals surface area contributed by atoms with E-state index in [0.29, 0.717) is 12.4 Å². The molecule has 210 valence electrons. The van der Waals surface area contributed by atoms with Gasteiger partial charge in [0.05, 0.1) is 19.0 Å². The number of rotatable bonds is 23. The monoisotopic (exact) mass is 524 g/mol. The molecule has 0 atom stereocenters. The van der Waals surface area contributed by atoms with E-state index in [1.54, 1.807) is 18.5 Å². The number of aryl methyl sites for hydroxylation is 1. The fourth-order valence-corrected chi connectivity index (χ4v) is 4.25. The quantitative estimate of drug-likeness (QED) is 0.117. The summed E-state index contributed by atoms with van der Waals surface area (Å²) in [5, 5.41) is 8.56. The number of ether oxygens (including phenoxy) is 2. The van der Waals surface area contributed by atoms with E-state index in [9.17, 15) is 4.79 Å². The molecular formula is C32H48N2O4. The van der Waals surface area contributed by atoms with Crippen LogP contribution in [0.3, 0.4) is 0 Å². The van der Waals surface area contributed by atoms with Crippen molar-refractivity contribution in [2.75, 3.05) is 19.8 Å². The highest BCUT2D eigenvalue weighted by atomic mass is 16.5. The topological polar surface area (TPSA) is 81.5 Å². The lowest BCUT2D eigenvalue weighted by molar-refractivity contribution is -0.131. The normalized spacial score (nSPS) is 11.3. The number of benzene rings is 1. The molecule has 0 unspecified atom stereocenters. The molecule has 1 aromatic carbocycles. The van der Waals surface area contributed by atoms with Crippen molar-refractivity contribution in [3.8, 4) is 17.1 Å². The fraction of sp³-hybridized carbons (Fsp3) is 0.594. The number of hydrogen-bond donors (Lipinski definition) is 1. The highest BCUT2D eigenvalue weighted by Gasteiger charge is 2.03. The SMILES string of the molecule is CCCCCCOCCCCOc1cnc(-c2ccc(CCCCCCCCC/C=C/C(=O)O)cc2)nc1. The highest BCUT2D eigenvalue weighted by molar-refractivity contribution is 5.79. The van der Waals surface area contributed by atoms with Crippen LogP contribution >= 0.6 is 0 Å². The molecule has 0 fully saturated rings. The van der Waals surface area contributed by atoms with Gasteiger partial charge < -0.3 is 14.6 Å². The Balaban J connectivity index is 1.52. The minimum Gasteiger partial charge on any atom is -0.490 e. The fourth-order valence-electron chi connectivity index (χ4n) is 4.25. The van der Waals surface area contributed by atoms with Gasteiger partial charge in [0.2, 0.25) is 0 Å². The number of carboxylic acid groups (broad SMARTS) is 1. The van der Waals surface area contributed by atoms with Crippen molar-refractivity contribution in [1.82, 2.24) is 9.97 Å². The summed E-state index contributed by atoms with van der Waals surface area (Å²) in [5.74, 6) is 0.572. The summed E-state index contributed by atoms with van der Waals surface area (Å²) in [4.78, 5) is 19.4. The second-order valence-electron chi connectivity index (χ2n) is 9.92. The van der Waals surface area contributed by atoms with E-state index in [-0.39, 0.29) is 0 Å². The molecule has 0 aliphatic rings. The molecule has 0 bridgehead atoms. The van der Waals surface area contributed by atoms with Crippen LogP contribution in [0.15, 0.2) is 48.8 Å². The van der Waals surface area contributed by atoms with Crippen molar-refractivity contribution < 1.29 is 19.4 Å². The van der Waals surface area contributed by atoms with Gasteiger partial charge >= 0.3 is 5.97 Å². The van der Waals surface area contributed by atoms with Crippen LogP contribution in [0.5, 0.6) is 5.75 Å². The van der Waals surface area contributed by atoms with Crippen molar-refractivity contribution in [1.29, 1.82) is 0 Å². The molecule has 0 aliphatic carbocycles. The summed E-state index contributed by atoms with van der Waals surface area (Å²) < 4.78 is 11.5. The van der Waals surface area contributed by atoms with Crippen molar-refractivity contribution >= 4 is 5.97 Å². The first kappa shape index (κ1) is 31.5. The molecule has 6 nitrogen and oxygen atoms in total. The molecule has 38 heavy (non-hydrogen) atoms. The zero-order valence-corrected chi connectivity index (χ0v) is 23.4. The highest BCUT2D eigenvalue weighted by Crippen LogP contribution is 2.19. The predicted octanol–water partition coefficient (Wildman–Crippen LogP) is 8.20. The smallest absolute Gasteiger partial charge is 0.327 e. The number of aromatic nitrogens is 2. The van der Waals surface area contributed by atoms with Crippen LogP contribution in [0.2, 0.25) is 0 Å². The first-order valence-corrected chi connectivity index (χ1v) is 14.7. The van der Waals surface area contributed by atoms with E-state index >= 15 is 0 Å². The van der Waals surface area contributed by atoms with Crippen LogP contribution in [0.25, 0.3) is 11.4 Å². The first-order chi connectivity index (χ1) is 18.7. The second kappa shape index (κ2) is 21.2. The summed E-state index contributed by atoms with van der Waals surface area (Å²) in [6.45, 7) is 4.55. The van der Waals surface area contributed by atoms with E-state index in [2.05, 4.69) is 41.2 Å². The van der Waals surface area contributed by atoms with Gasteiger partial charge in [-0.25, -0.2) is 14.8 Å². The molecule has 2 aromatic rings. The van der Waals surface area contributed by atoms with Gasteiger partial charge in [0.15, 0.2) is 11.6 Å². The van der Waals surface area contributed by atoms with Crippen LogP contribution in [0.4, 0.5) is 0 Å². The van der Waals surface area contributed by atoms with Crippen molar-refractivity contribution in [2.24, 2.45) is 0 Å². The molecule has 0 spiro atoms. The standard InChI is InChI=1S/C32H48N2O4/c1-2-3-4-14-23-37-24-15-16-25-38-30-26-33-32(34-27-30)29-21-19-28(20-22-29)17-12-10-8-6-5-7-9-11-13-18-31(35)36/h13,18-22,26-27H,2-12,14-17,23-25H2,1H3,(H,35,36)/b18-13+. The van der Waals surface area contributed by atoms with Gasteiger partial charge in [0, 0.05) is 24.9 Å². The Morgan fingerprint density at radius 2 is 1.39 bits per heavy atom. The Kier molecular flexibility index (Phi) is 17.6. The third kappa shape index (κ3) is 15.5. The van der Waals surface area contributed by atoms with Crippen LogP contribution < -0.4 is 4.74 Å². The molecule has 0 saturated carbocycles. The van der Waals surface area contributed by atoms with E-state index < -0.39 is 5.97 Å². The molecule has 1 N–H and O–H groups in total. The van der Waals surface area contributed by atoms with Crippen molar-refractivity contribution in [3.05, 3.63) is 54.4 Å². The minimum atomic E-state index is -0.858. The maximum Gasteiger partial charge on any atom is 0.327 e. The molecule has 0 radical (unpaired) electrons. The number of hydrogen-bond acceptors (Lipinski definition) is 5. The van der Waals surface area contributed by atoms with Gasteiger partial charge in [-0.3, -0.25) is 0 Å². The van der Waals surface area contributed by atoms with E-state index in [1.165, 1.54) is 69.4 Å². The van der Waals surface area contributed by atoms with Crippen LogP contribution in [-0.4, -0.2) is 40.9 Å². The maximum atomic E-state index is 10.4. The van der Waals surface area contributed by atoms with Gasteiger partial charge in [-0.15, -0.1) is 0 Å². The lowest BCUT2D eigenvalue weighted by Crippen LogP contribution is -2.02. The molecular weight excluding hydrogens is 476 g/mol. The summed E-state index contributed by atoms with van der Waals surface area (Å²) in [7, 11) is 0. The van der Waals surface area contributed by atoms with Gasteiger partial charge in [-0.1, -0.05) is 88.6 Å². The number of carboxylic acids is 1. The van der Waals surface area contributed by atoms with Crippen LogP contribution in [0.1, 0.15) is 102 Å². The summed E-state index contributed by atoms with van der Waals surface area (Å²) in [6.07, 6.45) is 23.9. The Morgan fingerprint density at radius 3 is 2.08 bits per heavy atom. The third-order valence-corrected chi connectivity index (χ3v) is 6.53. The number of carbonyl (C=O) groups is 1.